The number of ether oxygens (including phenoxy) is 2. The number of hydrogen-bond donors (Lipinski definition) is 2. The highest BCUT2D eigenvalue weighted by Crippen LogP contribution is 2.50. The van der Waals surface area contributed by atoms with Gasteiger partial charge in [0.15, 0.2) is 0 Å². The summed E-state index contributed by atoms with van der Waals surface area (Å²) >= 11 is 0. The Hall–Kier alpha value is -6.73. The highest BCUT2D eigenvalue weighted by molar-refractivity contribution is 5.98. The molecule has 3 aliphatic carbocycles. The molecule has 12 rings (SSSR count). The minimum atomic E-state index is -0.657. The molecule has 3 aromatic carbocycles. The summed E-state index contributed by atoms with van der Waals surface area (Å²) in [5.74, 6) is -1.33. The van der Waals surface area contributed by atoms with Crippen LogP contribution in [0.3, 0.4) is 0 Å². The van der Waals surface area contributed by atoms with Crippen molar-refractivity contribution in [3.8, 4) is 0 Å². The van der Waals surface area contributed by atoms with E-state index in [1.807, 2.05) is 65.8 Å². The number of fused-ring (bicyclic) bond motifs is 4. The van der Waals surface area contributed by atoms with Crippen molar-refractivity contribution in [3.05, 3.63) is 111 Å². The molecule has 2 N–H and O–H groups in total. The van der Waals surface area contributed by atoms with Crippen LogP contribution >= 0.6 is 0 Å². The van der Waals surface area contributed by atoms with E-state index in [4.69, 9.17) is 9.47 Å². The van der Waals surface area contributed by atoms with Crippen LogP contribution in [0.2, 0.25) is 0 Å². The number of nitrogens with one attached hydrogen (secondary N) is 2. The predicted molar refractivity (Wildman–Crippen MR) is 305 cm³/mol. The molecule has 82 heavy (non-hydrogen) atoms. The zero-order chi connectivity index (χ0) is 57.3. The van der Waals surface area contributed by atoms with E-state index >= 15 is 4.39 Å². The third-order valence-electron chi connectivity index (χ3n) is 18.7. The number of aromatic amines is 1. The Morgan fingerprint density at radius 3 is 2.18 bits per heavy atom. The van der Waals surface area contributed by atoms with Crippen molar-refractivity contribution in [1.29, 1.82) is 0 Å². The van der Waals surface area contributed by atoms with Gasteiger partial charge in [-0.15, -0.1) is 0 Å². The maximum absolute atomic E-state index is 15.3. The number of hydrogen-bond acceptors (Lipinski definition) is 11. The Labute approximate surface area is 479 Å². The van der Waals surface area contributed by atoms with Gasteiger partial charge >= 0.3 is 6.09 Å². The molecule has 1 aromatic heterocycles. The third-order valence-corrected chi connectivity index (χ3v) is 18.7. The highest BCUT2D eigenvalue weighted by Gasteiger charge is 2.55. The minimum absolute atomic E-state index is 0.0139. The van der Waals surface area contributed by atoms with Gasteiger partial charge in [0.2, 0.25) is 17.7 Å². The Kier molecular flexibility index (Phi) is 16.6. The summed E-state index contributed by atoms with van der Waals surface area (Å²) in [7, 11) is 0. The lowest BCUT2D eigenvalue weighted by Gasteiger charge is -2.55. The van der Waals surface area contributed by atoms with Gasteiger partial charge in [0.1, 0.15) is 24.0 Å². The second-order valence-electron chi connectivity index (χ2n) is 25.5. The van der Waals surface area contributed by atoms with Gasteiger partial charge in [-0.2, -0.15) is 5.10 Å². The van der Waals surface area contributed by atoms with E-state index < -0.39 is 34.9 Å². The number of benzene rings is 3. The van der Waals surface area contributed by atoms with Crippen molar-refractivity contribution in [1.82, 2.24) is 44.9 Å². The molecule has 3 saturated carbocycles. The first-order chi connectivity index (χ1) is 39.4. The van der Waals surface area contributed by atoms with Gasteiger partial charge in [-0.05, 0) is 132 Å². The van der Waals surface area contributed by atoms with E-state index in [0.29, 0.717) is 112 Å². The first-order valence-electron chi connectivity index (χ1n) is 30.1. The van der Waals surface area contributed by atoms with Gasteiger partial charge in [0.25, 0.3) is 17.4 Å². The van der Waals surface area contributed by atoms with Crippen LogP contribution in [-0.2, 0) is 30.3 Å². The second-order valence-corrected chi connectivity index (χ2v) is 25.5. The maximum atomic E-state index is 15.3. The van der Waals surface area contributed by atoms with E-state index in [0.717, 1.165) is 76.2 Å². The lowest BCUT2D eigenvalue weighted by molar-refractivity contribution is -0.203. The fraction of sp³-hybridized carbons (Fsp3) is 0.587. The summed E-state index contributed by atoms with van der Waals surface area (Å²) in [6.07, 6.45) is 11.1. The topological polar surface area (TPSA) is 198 Å². The molecule has 18 nitrogen and oxygen atoms in total. The quantitative estimate of drug-likeness (QED) is 0.133. The van der Waals surface area contributed by atoms with Crippen molar-refractivity contribution in [2.24, 2.45) is 11.3 Å². The van der Waals surface area contributed by atoms with Crippen LogP contribution in [0.25, 0.3) is 10.8 Å². The zero-order valence-corrected chi connectivity index (χ0v) is 47.9. The number of piperidine rings is 1. The van der Waals surface area contributed by atoms with Crippen molar-refractivity contribution < 1.29 is 42.6 Å². The number of amides is 6. The number of aromatic nitrogens is 2. The third kappa shape index (κ3) is 12.6. The number of carbonyl (C=O) groups is 6. The maximum Gasteiger partial charge on any atom is 0.411 e. The van der Waals surface area contributed by atoms with Gasteiger partial charge in [-0.25, -0.2) is 14.3 Å². The van der Waals surface area contributed by atoms with Gasteiger partial charge in [-0.3, -0.25) is 38.6 Å². The second kappa shape index (κ2) is 23.9. The Bertz CT molecular complexity index is 3090. The lowest BCUT2D eigenvalue weighted by atomic mass is 9.65. The molecule has 0 radical (unpaired) electrons. The predicted octanol–water partition coefficient (Wildman–Crippen LogP) is 6.90. The molecule has 4 aromatic rings. The molecule has 6 amide bonds. The number of halogens is 1. The van der Waals surface area contributed by atoms with Crippen LogP contribution < -0.4 is 10.9 Å². The van der Waals surface area contributed by atoms with Gasteiger partial charge < -0.3 is 34.4 Å². The van der Waals surface area contributed by atoms with Crippen LogP contribution in [0.5, 0.6) is 0 Å². The van der Waals surface area contributed by atoms with Crippen LogP contribution in [-0.4, -0.2) is 184 Å². The zero-order valence-electron chi connectivity index (χ0n) is 47.9. The number of nitrogens with zero attached hydrogens (tertiary/aromatic N) is 7. The average Bonchev–Trinajstić information content (AvgIpc) is 4.19. The number of piperazine rings is 2. The summed E-state index contributed by atoms with van der Waals surface area (Å²) in [5.41, 5.74) is 0.777. The highest BCUT2D eigenvalue weighted by atomic mass is 19.1. The standard InChI is InChI=1S/C63H80FN9O9/c1-61(2,3)82-60(80)73(47-19-20-47)39-53(74)72-26-10-15-46(38-72)44-13-9-14-45(37-44)55(75)65-54(43-11-5-4-6-12-43)58(78)70-29-27-68(28-30-70)40-63-24-22-62(23-25-63,41-81-63)59(79)71-33-31-69(32-34-71)57(77)50-35-42(18-21-51(50)64)36-52-48-16-7-8-17-49(48)56(76)67-66-52/h7-9,13-14,16-18,21,35,37,43,46-47,54H,4-6,10-12,15,19-20,22-34,36,38-41H2,1-3H3,(H,65,75)(H,67,76)/t46-,54-,62?,63?/m1/s1. The monoisotopic (exact) mass is 1130 g/mol. The molecule has 19 heteroatoms. The molecular formula is C63H80FN9O9. The molecule has 5 aliphatic heterocycles. The molecule has 8 fully saturated rings. The SMILES string of the molecule is CC(C)(C)OC(=O)N(CC(=O)N1CCC[C@@H](c2cccc(C(=O)N[C@@H](C(=O)N3CCN(CC45CCC(C(=O)N6CCN(C(=O)c7cc(Cc8n[nH]c(=O)c9ccccc89)ccc7F)CC6)(CC4)CO5)CC3)C3CCCCC3)c2)C1)C1CC1. The van der Waals surface area contributed by atoms with Gasteiger partial charge in [0, 0.05) is 101 Å². The van der Waals surface area contributed by atoms with E-state index in [9.17, 15) is 33.6 Å². The number of H-pyrrole nitrogens is 1. The molecule has 8 aliphatic rings. The summed E-state index contributed by atoms with van der Waals surface area (Å²) in [4.78, 5) is 107. The van der Waals surface area contributed by atoms with Crippen molar-refractivity contribution in [3.63, 3.8) is 0 Å². The molecule has 5 saturated heterocycles. The molecule has 2 bridgehead atoms. The molecule has 0 unspecified atom stereocenters. The van der Waals surface area contributed by atoms with E-state index in [-0.39, 0.29) is 77.9 Å². The van der Waals surface area contributed by atoms with Crippen LogP contribution in [0.4, 0.5) is 9.18 Å². The summed E-state index contributed by atoms with van der Waals surface area (Å²) in [5, 5.41) is 11.2. The number of carbonyl (C=O) groups excluding carboxylic acids is 6. The van der Waals surface area contributed by atoms with Crippen LogP contribution in [0.1, 0.15) is 148 Å². The Morgan fingerprint density at radius 2 is 1.49 bits per heavy atom. The average molecular weight is 1130 g/mol. The number of rotatable bonds is 14. The number of likely N-dealkylation sites (tertiary alicyclic amines) is 1. The minimum Gasteiger partial charge on any atom is -0.444 e. The fourth-order valence-electron chi connectivity index (χ4n) is 13.7. The van der Waals surface area contributed by atoms with E-state index in [1.165, 1.54) is 6.07 Å². The molecule has 6 heterocycles. The Morgan fingerprint density at radius 1 is 0.780 bits per heavy atom. The smallest absolute Gasteiger partial charge is 0.411 e. The van der Waals surface area contributed by atoms with Gasteiger partial charge in [-0.1, -0.05) is 55.7 Å². The van der Waals surface area contributed by atoms with Crippen LogP contribution in [0.15, 0.2) is 71.5 Å². The lowest BCUT2D eigenvalue weighted by Crippen LogP contribution is -2.64. The molecule has 0 spiro atoms. The van der Waals surface area contributed by atoms with Crippen LogP contribution in [0, 0.1) is 17.2 Å². The van der Waals surface area contributed by atoms with Gasteiger partial charge in [0.05, 0.1) is 34.3 Å². The normalized spacial score (nSPS) is 24.0. The largest absolute Gasteiger partial charge is 0.444 e. The summed E-state index contributed by atoms with van der Waals surface area (Å²) in [6.45, 7) is 11.3. The first kappa shape index (κ1) is 57.1. The molecule has 438 valence electrons. The Balaban J connectivity index is 0.649. The summed E-state index contributed by atoms with van der Waals surface area (Å²) in [6, 6.07) is 18.6. The van der Waals surface area contributed by atoms with E-state index in [1.54, 1.807) is 40.1 Å². The van der Waals surface area contributed by atoms with Crippen molar-refractivity contribution >= 4 is 46.4 Å². The van der Waals surface area contributed by atoms with Crippen molar-refractivity contribution in [2.75, 3.05) is 85.1 Å². The molecule has 2 atom stereocenters. The van der Waals surface area contributed by atoms with Crippen molar-refractivity contribution in [2.45, 2.75) is 140 Å². The summed E-state index contributed by atoms with van der Waals surface area (Å²) < 4.78 is 27.6. The molecular weight excluding hydrogens is 1050 g/mol. The first-order valence-corrected chi connectivity index (χ1v) is 30.1. The van der Waals surface area contributed by atoms with E-state index in [2.05, 4.69) is 20.4 Å². The fourth-order valence-corrected chi connectivity index (χ4v) is 13.7.